The second-order valence-corrected chi connectivity index (χ2v) is 7.40. The summed E-state index contributed by atoms with van der Waals surface area (Å²) < 4.78 is 16.3. The number of carbonyl (C=O) groups is 1. The highest BCUT2D eigenvalue weighted by atomic mass is 32.2. The van der Waals surface area contributed by atoms with Crippen LogP contribution in [0.25, 0.3) is 0 Å². The second-order valence-electron chi connectivity index (χ2n) is 6.52. The minimum atomic E-state index is -0.0774. The first kappa shape index (κ1) is 21.0. The van der Waals surface area contributed by atoms with Crippen molar-refractivity contribution in [3.05, 3.63) is 36.4 Å². The van der Waals surface area contributed by atoms with Gasteiger partial charge in [0, 0.05) is 54.6 Å². The van der Waals surface area contributed by atoms with Crippen molar-refractivity contribution in [2.45, 2.75) is 4.90 Å². The van der Waals surface area contributed by atoms with Crippen LogP contribution >= 0.6 is 11.8 Å². The van der Waals surface area contributed by atoms with Crippen LogP contribution in [-0.4, -0.2) is 64.7 Å². The molecular formula is C21H27N3O4S. The molecule has 0 bridgehead atoms. The molecule has 1 fully saturated rings. The Balaban J connectivity index is 1.63. The molecule has 7 nitrogen and oxygen atoms in total. The monoisotopic (exact) mass is 417 g/mol. The summed E-state index contributed by atoms with van der Waals surface area (Å²) in [5, 5.41) is 2.97. The molecule has 0 aromatic heterocycles. The Morgan fingerprint density at radius 1 is 0.931 bits per heavy atom. The lowest BCUT2D eigenvalue weighted by atomic mass is 10.2. The summed E-state index contributed by atoms with van der Waals surface area (Å²) in [4.78, 5) is 17.8. The average molecular weight is 418 g/mol. The smallest absolute Gasteiger partial charge is 0.321 e. The van der Waals surface area contributed by atoms with Gasteiger partial charge in [-0.15, -0.1) is 11.8 Å². The Morgan fingerprint density at radius 2 is 1.52 bits per heavy atom. The molecule has 3 rings (SSSR count). The number of methoxy groups -OCH3 is 3. The van der Waals surface area contributed by atoms with Gasteiger partial charge in [-0.3, -0.25) is 0 Å². The van der Waals surface area contributed by atoms with E-state index >= 15 is 0 Å². The van der Waals surface area contributed by atoms with Gasteiger partial charge in [0.1, 0.15) is 0 Å². The first-order valence-electron chi connectivity index (χ1n) is 9.34. The van der Waals surface area contributed by atoms with Gasteiger partial charge in [0.25, 0.3) is 0 Å². The first-order chi connectivity index (χ1) is 14.1. The molecule has 1 aliphatic heterocycles. The molecule has 2 aromatic rings. The highest BCUT2D eigenvalue weighted by Crippen LogP contribution is 2.41. The Kier molecular flexibility index (Phi) is 6.98. The van der Waals surface area contributed by atoms with E-state index in [1.165, 1.54) is 4.90 Å². The number of ether oxygens (including phenoxy) is 3. The Morgan fingerprint density at radius 3 is 2.00 bits per heavy atom. The topological polar surface area (TPSA) is 63.3 Å². The number of amides is 2. The zero-order valence-electron chi connectivity index (χ0n) is 17.2. The van der Waals surface area contributed by atoms with Crippen LogP contribution < -0.4 is 24.4 Å². The van der Waals surface area contributed by atoms with Crippen LogP contribution in [0.3, 0.4) is 0 Å². The third kappa shape index (κ3) is 4.82. The third-order valence-corrected chi connectivity index (χ3v) is 5.67. The zero-order chi connectivity index (χ0) is 20.8. The maximum atomic E-state index is 12.6. The molecule has 156 valence electrons. The van der Waals surface area contributed by atoms with Crippen LogP contribution in [0.1, 0.15) is 0 Å². The van der Waals surface area contributed by atoms with Crippen LogP contribution in [0.4, 0.5) is 16.2 Å². The number of carbonyl (C=O) groups excluding carboxylic acids is 1. The lowest BCUT2D eigenvalue weighted by Gasteiger charge is -2.36. The number of thioether (sulfide) groups is 1. The predicted octanol–water partition coefficient (Wildman–Crippen LogP) is 3.79. The average Bonchev–Trinajstić information content (AvgIpc) is 2.78. The molecule has 1 aliphatic rings. The molecule has 0 spiro atoms. The van der Waals surface area contributed by atoms with Crippen molar-refractivity contribution < 1.29 is 19.0 Å². The van der Waals surface area contributed by atoms with Gasteiger partial charge in [-0.05, 0) is 30.5 Å². The molecule has 1 saturated heterocycles. The fourth-order valence-corrected chi connectivity index (χ4v) is 3.70. The summed E-state index contributed by atoms with van der Waals surface area (Å²) in [6, 6.07) is 11.7. The molecule has 29 heavy (non-hydrogen) atoms. The van der Waals surface area contributed by atoms with Crippen molar-refractivity contribution in [1.29, 1.82) is 0 Å². The molecular weight excluding hydrogens is 390 g/mol. The van der Waals surface area contributed by atoms with E-state index < -0.39 is 0 Å². The molecule has 1 N–H and O–H groups in total. The number of anilines is 2. The van der Waals surface area contributed by atoms with Crippen molar-refractivity contribution >= 4 is 29.2 Å². The van der Waals surface area contributed by atoms with E-state index in [1.54, 1.807) is 33.1 Å². The summed E-state index contributed by atoms with van der Waals surface area (Å²) in [5.41, 5.74) is 1.78. The Labute approximate surface area is 175 Å². The van der Waals surface area contributed by atoms with Gasteiger partial charge in [0.05, 0.1) is 21.3 Å². The van der Waals surface area contributed by atoms with Gasteiger partial charge in [0.2, 0.25) is 5.75 Å². The lowest BCUT2D eigenvalue weighted by molar-refractivity contribution is 0.208. The standard InChI is InChI=1S/C21H27N3O4S/c1-26-18-13-16(14-19(27-2)20(18)28-3)23-9-11-24(12-10-23)21(25)22-15-5-7-17(29-4)8-6-15/h5-8,13-14H,9-12H2,1-4H3,(H,22,25). The van der Waals surface area contributed by atoms with E-state index in [1.807, 2.05) is 47.6 Å². The first-order valence-corrected chi connectivity index (χ1v) is 10.6. The fraction of sp³-hybridized carbons (Fsp3) is 0.381. The minimum absolute atomic E-state index is 0.0774. The quantitative estimate of drug-likeness (QED) is 0.722. The highest BCUT2D eigenvalue weighted by molar-refractivity contribution is 7.98. The summed E-state index contributed by atoms with van der Waals surface area (Å²) >= 11 is 1.68. The molecule has 0 aliphatic carbocycles. The zero-order valence-corrected chi connectivity index (χ0v) is 18.0. The van der Waals surface area contributed by atoms with Gasteiger partial charge in [-0.1, -0.05) is 0 Å². The second kappa shape index (κ2) is 9.65. The van der Waals surface area contributed by atoms with Crippen molar-refractivity contribution in [3.8, 4) is 17.2 Å². The number of nitrogens with zero attached hydrogens (tertiary/aromatic N) is 2. The van der Waals surface area contributed by atoms with Gasteiger partial charge < -0.3 is 29.3 Å². The molecule has 1 heterocycles. The number of rotatable bonds is 6. The van der Waals surface area contributed by atoms with Gasteiger partial charge in [-0.2, -0.15) is 0 Å². The number of hydrogen-bond donors (Lipinski definition) is 1. The van der Waals surface area contributed by atoms with E-state index in [2.05, 4.69) is 10.2 Å². The van der Waals surface area contributed by atoms with Gasteiger partial charge >= 0.3 is 6.03 Å². The fourth-order valence-electron chi connectivity index (χ4n) is 3.29. The Bertz CT molecular complexity index is 811. The Hall–Kier alpha value is -2.74. The lowest BCUT2D eigenvalue weighted by Crippen LogP contribution is -2.50. The normalized spacial score (nSPS) is 13.8. The van der Waals surface area contributed by atoms with Crippen molar-refractivity contribution in [2.75, 3.05) is 64.0 Å². The molecule has 2 aromatic carbocycles. The number of nitrogens with one attached hydrogen (secondary N) is 1. The summed E-state index contributed by atoms with van der Waals surface area (Å²) in [7, 11) is 4.80. The van der Waals surface area contributed by atoms with Crippen molar-refractivity contribution in [3.63, 3.8) is 0 Å². The predicted molar refractivity (Wildman–Crippen MR) is 117 cm³/mol. The van der Waals surface area contributed by atoms with E-state index in [0.717, 1.165) is 24.5 Å². The number of hydrogen-bond acceptors (Lipinski definition) is 6. The van der Waals surface area contributed by atoms with Crippen LogP contribution in [0.2, 0.25) is 0 Å². The largest absolute Gasteiger partial charge is 0.493 e. The van der Waals surface area contributed by atoms with E-state index in [9.17, 15) is 4.79 Å². The van der Waals surface area contributed by atoms with Crippen LogP contribution in [0.5, 0.6) is 17.2 Å². The minimum Gasteiger partial charge on any atom is -0.493 e. The van der Waals surface area contributed by atoms with Gasteiger partial charge in [0.15, 0.2) is 11.5 Å². The van der Waals surface area contributed by atoms with Crippen molar-refractivity contribution in [2.24, 2.45) is 0 Å². The van der Waals surface area contributed by atoms with E-state index in [0.29, 0.717) is 30.3 Å². The van der Waals surface area contributed by atoms with Crippen LogP contribution in [0.15, 0.2) is 41.3 Å². The maximum absolute atomic E-state index is 12.6. The highest BCUT2D eigenvalue weighted by Gasteiger charge is 2.23. The van der Waals surface area contributed by atoms with Crippen molar-refractivity contribution in [1.82, 2.24) is 4.90 Å². The SMILES string of the molecule is COc1cc(N2CCN(C(=O)Nc3ccc(SC)cc3)CC2)cc(OC)c1OC. The third-order valence-electron chi connectivity index (χ3n) is 4.92. The van der Waals surface area contributed by atoms with Crippen LogP contribution in [-0.2, 0) is 0 Å². The summed E-state index contributed by atoms with van der Waals surface area (Å²) in [6.45, 7) is 2.70. The molecule has 2 amide bonds. The number of benzene rings is 2. The van der Waals surface area contributed by atoms with E-state index in [4.69, 9.17) is 14.2 Å². The molecule has 0 saturated carbocycles. The number of urea groups is 1. The molecule has 0 radical (unpaired) electrons. The van der Waals surface area contributed by atoms with Gasteiger partial charge in [-0.25, -0.2) is 4.79 Å². The molecule has 0 atom stereocenters. The summed E-state index contributed by atoms with van der Waals surface area (Å²) in [6.07, 6.45) is 2.03. The molecule has 0 unspecified atom stereocenters. The van der Waals surface area contributed by atoms with Crippen LogP contribution in [0, 0.1) is 0 Å². The van der Waals surface area contributed by atoms with E-state index in [-0.39, 0.29) is 6.03 Å². The maximum Gasteiger partial charge on any atom is 0.321 e. The number of piperazine rings is 1. The molecule has 8 heteroatoms. The summed E-state index contributed by atoms with van der Waals surface area (Å²) in [5.74, 6) is 1.82.